The molecule has 1 saturated heterocycles. The van der Waals surface area contributed by atoms with Gasteiger partial charge in [0.1, 0.15) is 4.58 Å². The molecule has 0 radical (unpaired) electrons. The standard InChI is InChI=1S/C24H23BrN2O2S2/c25-17-7-3-6-14-15(17)11-16-19(14)20(16)22(28)26-18-10-12-4-1-2-5-13(12)21(18)27-23(29)24-30-8-9-31-24/h1-7,16,18-21,24H,8-11H2,(H,26,28)(H,27,29)/t16?,18-,19?,20?,21-/m1/s1. The summed E-state index contributed by atoms with van der Waals surface area (Å²) in [6.07, 6.45) is 1.74. The summed E-state index contributed by atoms with van der Waals surface area (Å²) < 4.78 is 1.12. The molecule has 2 fully saturated rings. The molecule has 5 atom stereocenters. The lowest BCUT2D eigenvalue weighted by atomic mass is 10.0. The van der Waals surface area contributed by atoms with Crippen molar-refractivity contribution in [3.63, 3.8) is 0 Å². The quantitative estimate of drug-likeness (QED) is 0.646. The van der Waals surface area contributed by atoms with Gasteiger partial charge in [-0.05, 0) is 53.0 Å². The van der Waals surface area contributed by atoms with Crippen LogP contribution in [0.3, 0.4) is 0 Å². The summed E-state index contributed by atoms with van der Waals surface area (Å²) in [7, 11) is 0. The Balaban J connectivity index is 1.18. The average Bonchev–Trinajstić information content (AvgIpc) is 3.14. The Morgan fingerprint density at radius 1 is 0.903 bits per heavy atom. The van der Waals surface area contributed by atoms with Gasteiger partial charge in [0.15, 0.2) is 0 Å². The molecule has 2 aromatic rings. The fourth-order valence-electron chi connectivity index (χ4n) is 5.67. The van der Waals surface area contributed by atoms with Gasteiger partial charge in [-0.25, -0.2) is 0 Å². The zero-order valence-corrected chi connectivity index (χ0v) is 20.1. The van der Waals surface area contributed by atoms with Crippen molar-refractivity contribution in [2.45, 2.75) is 35.4 Å². The minimum Gasteiger partial charge on any atom is -0.350 e. The van der Waals surface area contributed by atoms with Gasteiger partial charge in [-0.3, -0.25) is 9.59 Å². The first-order chi connectivity index (χ1) is 15.1. The van der Waals surface area contributed by atoms with Crippen LogP contribution in [-0.2, 0) is 22.4 Å². The van der Waals surface area contributed by atoms with E-state index < -0.39 is 0 Å². The number of fused-ring (bicyclic) bond motifs is 4. The zero-order chi connectivity index (χ0) is 21.1. The van der Waals surface area contributed by atoms with Crippen LogP contribution < -0.4 is 10.6 Å². The Hall–Kier alpha value is -1.44. The van der Waals surface area contributed by atoms with E-state index in [1.54, 1.807) is 23.5 Å². The minimum absolute atomic E-state index is 0.0400. The predicted molar refractivity (Wildman–Crippen MR) is 129 cm³/mol. The molecular weight excluding hydrogens is 492 g/mol. The van der Waals surface area contributed by atoms with Crippen LogP contribution in [0.4, 0.5) is 0 Å². The molecule has 0 aromatic heterocycles. The fourth-order valence-corrected chi connectivity index (χ4v) is 8.81. The van der Waals surface area contributed by atoms with Gasteiger partial charge in [0.25, 0.3) is 0 Å². The van der Waals surface area contributed by atoms with E-state index in [1.165, 1.54) is 16.7 Å². The topological polar surface area (TPSA) is 58.2 Å². The lowest BCUT2D eigenvalue weighted by molar-refractivity contribution is -0.125. The second kappa shape index (κ2) is 7.85. The van der Waals surface area contributed by atoms with Crippen molar-refractivity contribution in [3.8, 4) is 0 Å². The molecule has 2 aromatic carbocycles. The van der Waals surface area contributed by atoms with Crippen molar-refractivity contribution >= 4 is 51.3 Å². The lowest BCUT2D eigenvalue weighted by Gasteiger charge is -2.24. The third kappa shape index (κ3) is 3.44. The zero-order valence-electron chi connectivity index (χ0n) is 16.8. The first kappa shape index (κ1) is 20.2. The van der Waals surface area contributed by atoms with Crippen LogP contribution in [0.5, 0.6) is 0 Å². The SMILES string of the molecule is O=C(N[C@@H]1c2ccccc2C[C@H]1NC(=O)C1C2Cc3c(Br)cccc3C21)C1SCCS1. The van der Waals surface area contributed by atoms with Crippen LogP contribution in [-0.4, -0.2) is 33.9 Å². The van der Waals surface area contributed by atoms with Crippen LogP contribution in [0.1, 0.15) is 34.2 Å². The molecule has 7 heteroatoms. The number of rotatable bonds is 4. The molecule has 2 amide bonds. The van der Waals surface area contributed by atoms with Crippen LogP contribution in [0.25, 0.3) is 0 Å². The summed E-state index contributed by atoms with van der Waals surface area (Å²) in [5, 5.41) is 6.59. The summed E-state index contributed by atoms with van der Waals surface area (Å²) in [6.45, 7) is 0. The van der Waals surface area contributed by atoms with Crippen molar-refractivity contribution in [3.05, 3.63) is 69.2 Å². The molecule has 3 aliphatic carbocycles. The molecule has 160 valence electrons. The first-order valence-corrected chi connectivity index (χ1v) is 13.7. The highest BCUT2D eigenvalue weighted by molar-refractivity contribution is 9.10. The van der Waals surface area contributed by atoms with Gasteiger partial charge < -0.3 is 10.6 Å². The van der Waals surface area contributed by atoms with Gasteiger partial charge >= 0.3 is 0 Å². The Morgan fingerprint density at radius 2 is 1.68 bits per heavy atom. The molecular formula is C24H23BrN2O2S2. The molecule has 0 spiro atoms. The molecule has 31 heavy (non-hydrogen) atoms. The van der Waals surface area contributed by atoms with Crippen molar-refractivity contribution < 1.29 is 9.59 Å². The Labute approximate surface area is 198 Å². The third-order valence-corrected chi connectivity index (χ3v) is 10.9. The van der Waals surface area contributed by atoms with Crippen molar-refractivity contribution in [2.75, 3.05) is 11.5 Å². The van der Waals surface area contributed by atoms with E-state index in [-0.39, 0.29) is 34.4 Å². The summed E-state index contributed by atoms with van der Waals surface area (Å²) in [6, 6.07) is 14.3. The van der Waals surface area contributed by atoms with E-state index in [2.05, 4.69) is 56.9 Å². The molecule has 2 N–H and O–H groups in total. The number of halogens is 1. The monoisotopic (exact) mass is 514 g/mol. The van der Waals surface area contributed by atoms with Crippen molar-refractivity contribution in [1.82, 2.24) is 10.6 Å². The summed E-state index contributed by atoms with van der Waals surface area (Å²) in [5.41, 5.74) is 5.05. The maximum Gasteiger partial charge on any atom is 0.243 e. The Bertz CT molecular complexity index is 1070. The van der Waals surface area contributed by atoms with Crippen LogP contribution in [0.15, 0.2) is 46.9 Å². The van der Waals surface area contributed by atoms with E-state index in [0.29, 0.717) is 11.8 Å². The van der Waals surface area contributed by atoms with Crippen LogP contribution >= 0.6 is 39.5 Å². The Morgan fingerprint density at radius 3 is 2.52 bits per heavy atom. The molecule has 4 nitrogen and oxygen atoms in total. The summed E-state index contributed by atoms with van der Waals surface area (Å²) >= 11 is 7.08. The van der Waals surface area contributed by atoms with Crippen molar-refractivity contribution in [1.29, 1.82) is 0 Å². The van der Waals surface area contributed by atoms with Gasteiger partial charge in [0.2, 0.25) is 11.8 Å². The molecule has 6 rings (SSSR count). The van der Waals surface area contributed by atoms with E-state index in [1.807, 2.05) is 12.1 Å². The lowest BCUT2D eigenvalue weighted by Crippen LogP contribution is -2.46. The van der Waals surface area contributed by atoms with E-state index in [4.69, 9.17) is 0 Å². The number of hydrogen-bond acceptors (Lipinski definition) is 4. The van der Waals surface area contributed by atoms with E-state index in [9.17, 15) is 9.59 Å². The number of carbonyl (C=O) groups excluding carboxylic acids is 2. The molecule has 4 aliphatic rings. The summed E-state index contributed by atoms with van der Waals surface area (Å²) in [5.74, 6) is 3.08. The number of thioether (sulfide) groups is 2. The second-order valence-electron chi connectivity index (χ2n) is 8.80. The maximum absolute atomic E-state index is 13.3. The van der Waals surface area contributed by atoms with Crippen molar-refractivity contribution in [2.24, 2.45) is 11.8 Å². The minimum atomic E-state index is -0.158. The van der Waals surface area contributed by atoms with Gasteiger partial charge in [-0.2, -0.15) is 0 Å². The van der Waals surface area contributed by atoms with Gasteiger partial charge in [-0.1, -0.05) is 52.3 Å². The van der Waals surface area contributed by atoms with Crippen LogP contribution in [0, 0.1) is 11.8 Å². The number of benzene rings is 2. The second-order valence-corrected chi connectivity index (χ2v) is 12.4. The highest BCUT2D eigenvalue weighted by Gasteiger charge is 2.60. The van der Waals surface area contributed by atoms with E-state index >= 15 is 0 Å². The number of amides is 2. The summed E-state index contributed by atoms with van der Waals surface area (Å²) in [4.78, 5) is 26.1. The van der Waals surface area contributed by atoms with Crippen LogP contribution in [0.2, 0.25) is 0 Å². The highest BCUT2D eigenvalue weighted by Crippen LogP contribution is 2.62. The average molecular weight is 515 g/mol. The molecule has 1 saturated carbocycles. The van der Waals surface area contributed by atoms with E-state index in [0.717, 1.165) is 34.4 Å². The largest absolute Gasteiger partial charge is 0.350 e. The van der Waals surface area contributed by atoms with Gasteiger partial charge in [0, 0.05) is 21.9 Å². The molecule has 0 bridgehead atoms. The van der Waals surface area contributed by atoms with Gasteiger partial charge in [0.05, 0.1) is 12.1 Å². The molecule has 1 heterocycles. The first-order valence-electron chi connectivity index (χ1n) is 10.8. The maximum atomic E-state index is 13.3. The molecule has 1 aliphatic heterocycles. The number of hydrogen-bond donors (Lipinski definition) is 2. The highest BCUT2D eigenvalue weighted by atomic mass is 79.9. The third-order valence-electron chi connectivity index (χ3n) is 7.12. The molecule has 3 unspecified atom stereocenters. The van der Waals surface area contributed by atoms with Gasteiger partial charge in [-0.15, -0.1) is 23.5 Å². The smallest absolute Gasteiger partial charge is 0.243 e. The Kier molecular flexibility index (Phi) is 5.11. The predicted octanol–water partition coefficient (Wildman–Crippen LogP) is 4.04. The number of nitrogens with one attached hydrogen (secondary N) is 2. The normalized spacial score (nSPS) is 30.4. The fraction of sp³-hybridized carbons (Fsp3) is 0.417. The number of carbonyl (C=O) groups is 2.